The molecule has 32 heavy (non-hydrogen) atoms. The van der Waals surface area contributed by atoms with Crippen molar-refractivity contribution in [3.05, 3.63) is 88.9 Å². The average Bonchev–Trinajstić information content (AvgIpc) is 2.78. The summed E-state index contributed by atoms with van der Waals surface area (Å²) in [5, 5.41) is 2.87. The number of para-hydroxylation sites is 2. The van der Waals surface area contributed by atoms with Gasteiger partial charge in [-0.3, -0.25) is 9.52 Å². The van der Waals surface area contributed by atoms with E-state index in [4.69, 9.17) is 16.3 Å². The minimum absolute atomic E-state index is 0.0394. The number of aryl methyl sites for hydroxylation is 1. The Bertz CT molecular complexity index is 1170. The molecule has 6 nitrogen and oxygen atoms in total. The van der Waals surface area contributed by atoms with Gasteiger partial charge < -0.3 is 10.1 Å². The van der Waals surface area contributed by atoms with Crippen LogP contribution in [0.15, 0.2) is 77.7 Å². The maximum atomic E-state index is 12.8. The zero-order valence-corrected chi connectivity index (χ0v) is 19.2. The lowest BCUT2D eigenvalue weighted by Gasteiger charge is -2.12. The first-order valence-corrected chi connectivity index (χ1v) is 12.1. The smallest absolute Gasteiger partial charge is 0.263 e. The molecular formula is C24H25ClN2O4S. The molecule has 2 N–H and O–H groups in total. The maximum absolute atomic E-state index is 12.8. The number of amides is 1. The lowest BCUT2D eigenvalue weighted by atomic mass is 10.1. The number of carbonyl (C=O) groups excluding carboxylic acids is 1. The molecule has 0 aliphatic carbocycles. The quantitative estimate of drug-likeness (QED) is 0.411. The third-order valence-electron chi connectivity index (χ3n) is 4.69. The van der Waals surface area contributed by atoms with E-state index in [2.05, 4.69) is 10.0 Å². The second-order valence-corrected chi connectivity index (χ2v) is 9.07. The van der Waals surface area contributed by atoms with Gasteiger partial charge in [-0.25, -0.2) is 8.42 Å². The molecule has 1 amide bonds. The number of carbonyl (C=O) groups is 1. The fourth-order valence-corrected chi connectivity index (χ4v) is 4.74. The van der Waals surface area contributed by atoms with Crippen molar-refractivity contribution >= 4 is 33.2 Å². The second-order valence-electron chi connectivity index (χ2n) is 7.02. The van der Waals surface area contributed by atoms with Crippen molar-refractivity contribution in [3.8, 4) is 5.75 Å². The highest BCUT2D eigenvalue weighted by Crippen LogP contribution is 2.25. The van der Waals surface area contributed by atoms with Crippen molar-refractivity contribution in [1.82, 2.24) is 5.32 Å². The minimum atomic E-state index is -3.95. The molecule has 8 heteroatoms. The standard InChI is InChI=1S/C24H25ClN2O4S/c1-2-31-22-13-7-6-9-18(22)10-8-16-26-24(28)19-14-15-21(25)23(17-19)32(29,30)27-20-11-4-3-5-12-20/h3-7,9,11-15,17,27H,2,8,10,16H2,1H3,(H,26,28). The molecule has 0 aliphatic heterocycles. The van der Waals surface area contributed by atoms with Gasteiger partial charge in [0.15, 0.2) is 0 Å². The van der Waals surface area contributed by atoms with E-state index in [0.29, 0.717) is 25.3 Å². The molecule has 0 radical (unpaired) electrons. The number of sulfonamides is 1. The molecular weight excluding hydrogens is 448 g/mol. The summed E-state index contributed by atoms with van der Waals surface area (Å²) in [4.78, 5) is 12.4. The highest BCUT2D eigenvalue weighted by atomic mass is 35.5. The van der Waals surface area contributed by atoms with E-state index in [0.717, 1.165) is 17.7 Å². The van der Waals surface area contributed by atoms with Crippen molar-refractivity contribution < 1.29 is 17.9 Å². The Morgan fingerprint density at radius 1 is 1.00 bits per heavy atom. The lowest BCUT2D eigenvalue weighted by molar-refractivity contribution is 0.0953. The van der Waals surface area contributed by atoms with Gasteiger partial charge in [0, 0.05) is 17.8 Å². The van der Waals surface area contributed by atoms with Crippen molar-refractivity contribution in [3.63, 3.8) is 0 Å². The van der Waals surface area contributed by atoms with Gasteiger partial charge in [-0.1, -0.05) is 48.0 Å². The number of hydrogen-bond acceptors (Lipinski definition) is 4. The van der Waals surface area contributed by atoms with Crippen LogP contribution < -0.4 is 14.8 Å². The SMILES string of the molecule is CCOc1ccccc1CCCNC(=O)c1ccc(Cl)c(S(=O)(=O)Nc2ccccc2)c1. The minimum Gasteiger partial charge on any atom is -0.494 e. The van der Waals surface area contributed by atoms with Crippen LogP contribution in [0.5, 0.6) is 5.75 Å². The average molecular weight is 473 g/mol. The molecule has 0 fully saturated rings. The summed E-state index contributed by atoms with van der Waals surface area (Å²) in [6, 6.07) is 20.5. The van der Waals surface area contributed by atoms with Crippen LogP contribution in [0.4, 0.5) is 5.69 Å². The molecule has 0 unspecified atom stereocenters. The van der Waals surface area contributed by atoms with Crippen molar-refractivity contribution in [2.24, 2.45) is 0 Å². The molecule has 0 aromatic heterocycles. The number of anilines is 1. The number of nitrogens with one attached hydrogen (secondary N) is 2. The Morgan fingerprint density at radius 2 is 1.72 bits per heavy atom. The molecule has 168 valence electrons. The molecule has 3 rings (SSSR count). The summed E-state index contributed by atoms with van der Waals surface area (Å²) in [5.74, 6) is 0.482. The van der Waals surface area contributed by atoms with Gasteiger partial charge in [0.25, 0.3) is 15.9 Å². The number of benzene rings is 3. The topological polar surface area (TPSA) is 84.5 Å². The zero-order valence-electron chi connectivity index (χ0n) is 17.7. The van der Waals surface area contributed by atoms with Crippen LogP contribution in [0.3, 0.4) is 0 Å². The number of halogens is 1. The predicted molar refractivity (Wildman–Crippen MR) is 127 cm³/mol. The Hall–Kier alpha value is -3.03. The van der Waals surface area contributed by atoms with Gasteiger partial charge in [0.2, 0.25) is 0 Å². The first-order valence-electron chi connectivity index (χ1n) is 10.3. The van der Waals surface area contributed by atoms with Gasteiger partial charge >= 0.3 is 0 Å². The molecule has 3 aromatic rings. The molecule has 0 heterocycles. The fraction of sp³-hybridized carbons (Fsp3) is 0.208. The van der Waals surface area contributed by atoms with Gasteiger partial charge in [-0.15, -0.1) is 0 Å². The molecule has 0 saturated carbocycles. The van der Waals surface area contributed by atoms with Crippen LogP contribution in [0.25, 0.3) is 0 Å². The van der Waals surface area contributed by atoms with Crippen molar-refractivity contribution in [2.75, 3.05) is 17.9 Å². The third kappa shape index (κ3) is 6.24. The Balaban J connectivity index is 1.63. The first kappa shape index (κ1) is 23.6. The normalized spacial score (nSPS) is 11.1. The van der Waals surface area contributed by atoms with E-state index in [-0.39, 0.29) is 21.4 Å². The summed E-state index contributed by atoms with van der Waals surface area (Å²) in [7, 11) is -3.95. The van der Waals surface area contributed by atoms with Crippen molar-refractivity contribution in [1.29, 1.82) is 0 Å². The van der Waals surface area contributed by atoms with Crippen LogP contribution in [0.1, 0.15) is 29.3 Å². The highest BCUT2D eigenvalue weighted by molar-refractivity contribution is 7.92. The van der Waals surface area contributed by atoms with Gasteiger partial charge in [-0.05, 0) is 61.7 Å². The number of rotatable bonds is 10. The van der Waals surface area contributed by atoms with Gasteiger partial charge in [0.1, 0.15) is 10.6 Å². The number of hydrogen-bond donors (Lipinski definition) is 2. The summed E-state index contributed by atoms with van der Waals surface area (Å²) >= 11 is 6.12. The Labute approximate surface area is 193 Å². The van der Waals surface area contributed by atoms with Crippen LogP contribution in [-0.4, -0.2) is 27.5 Å². The second kappa shape index (κ2) is 11.0. The summed E-state index contributed by atoms with van der Waals surface area (Å²) in [6.45, 7) is 2.97. The zero-order chi connectivity index (χ0) is 23.0. The summed E-state index contributed by atoms with van der Waals surface area (Å²) in [6.07, 6.45) is 1.46. The molecule has 0 bridgehead atoms. The van der Waals surface area contributed by atoms with E-state index >= 15 is 0 Å². The van der Waals surface area contributed by atoms with Crippen LogP contribution in [-0.2, 0) is 16.4 Å². The van der Waals surface area contributed by atoms with Crippen molar-refractivity contribution in [2.45, 2.75) is 24.7 Å². The van der Waals surface area contributed by atoms with Gasteiger partial charge in [0.05, 0.1) is 11.6 Å². The maximum Gasteiger partial charge on any atom is 0.263 e. The molecule has 3 aromatic carbocycles. The van der Waals surface area contributed by atoms with Crippen LogP contribution in [0, 0.1) is 0 Å². The summed E-state index contributed by atoms with van der Waals surface area (Å²) in [5.41, 5.74) is 1.71. The predicted octanol–water partition coefficient (Wildman–Crippen LogP) is 4.90. The van der Waals surface area contributed by atoms with E-state index < -0.39 is 10.0 Å². The van der Waals surface area contributed by atoms with E-state index in [1.165, 1.54) is 18.2 Å². The lowest BCUT2D eigenvalue weighted by Crippen LogP contribution is -2.25. The third-order valence-corrected chi connectivity index (χ3v) is 6.55. The molecule has 0 atom stereocenters. The van der Waals surface area contributed by atoms with Gasteiger partial charge in [-0.2, -0.15) is 0 Å². The largest absolute Gasteiger partial charge is 0.494 e. The van der Waals surface area contributed by atoms with E-state index in [9.17, 15) is 13.2 Å². The van der Waals surface area contributed by atoms with Crippen LogP contribution in [0.2, 0.25) is 5.02 Å². The molecule has 0 aliphatic rings. The Kier molecular flexibility index (Phi) is 8.14. The first-order chi connectivity index (χ1) is 15.4. The van der Waals surface area contributed by atoms with E-state index in [1.54, 1.807) is 30.3 Å². The summed E-state index contributed by atoms with van der Waals surface area (Å²) < 4.78 is 33.6. The monoisotopic (exact) mass is 472 g/mol. The molecule has 0 saturated heterocycles. The molecule has 0 spiro atoms. The highest BCUT2D eigenvalue weighted by Gasteiger charge is 2.20. The fourth-order valence-electron chi connectivity index (χ4n) is 3.16. The Morgan fingerprint density at radius 3 is 2.47 bits per heavy atom. The number of ether oxygens (including phenoxy) is 1. The van der Waals surface area contributed by atoms with Crippen LogP contribution >= 0.6 is 11.6 Å². The van der Waals surface area contributed by atoms with E-state index in [1.807, 2.05) is 31.2 Å².